The van der Waals surface area contributed by atoms with Gasteiger partial charge in [0.2, 0.25) is 0 Å². The van der Waals surface area contributed by atoms with Crippen molar-refractivity contribution >= 4 is 33.3 Å². The first-order chi connectivity index (χ1) is 12.1. The third-order valence-corrected chi connectivity index (χ3v) is 5.74. The number of carbonyl (C=O) groups excluding carboxylic acids is 1. The molecule has 0 aromatic carbocycles. The molecule has 130 valence electrons. The molecular formula is C17H19N5O2S. The van der Waals surface area contributed by atoms with Crippen molar-refractivity contribution in [3.05, 3.63) is 28.5 Å². The van der Waals surface area contributed by atoms with Gasteiger partial charge in [0.25, 0.3) is 0 Å². The Labute approximate surface area is 148 Å². The van der Waals surface area contributed by atoms with Gasteiger partial charge < -0.3 is 10.5 Å². The summed E-state index contributed by atoms with van der Waals surface area (Å²) in [6.45, 7) is 4.32. The number of aromatic nitrogens is 4. The molecule has 0 fully saturated rings. The molecule has 0 aliphatic heterocycles. The van der Waals surface area contributed by atoms with E-state index >= 15 is 0 Å². The van der Waals surface area contributed by atoms with Gasteiger partial charge in [-0.25, -0.2) is 14.8 Å². The molecule has 0 spiro atoms. The van der Waals surface area contributed by atoms with Gasteiger partial charge in [-0.2, -0.15) is 9.78 Å². The number of anilines is 1. The molecule has 1 aliphatic rings. The Morgan fingerprint density at radius 1 is 1.48 bits per heavy atom. The molecule has 4 rings (SSSR count). The van der Waals surface area contributed by atoms with E-state index in [4.69, 9.17) is 10.5 Å². The number of carbonyl (C=O) groups is 1. The smallest absolute Gasteiger partial charge is 0.343 e. The van der Waals surface area contributed by atoms with Crippen LogP contribution in [0.4, 0.5) is 5.82 Å². The zero-order valence-electron chi connectivity index (χ0n) is 14.2. The van der Waals surface area contributed by atoms with E-state index in [0.717, 1.165) is 29.5 Å². The summed E-state index contributed by atoms with van der Waals surface area (Å²) in [6, 6.07) is 0. The SMILES string of the molecule is CCOC(=O)c1cnn(-c2ncnc3sc4c(c23)CCC(C)C4)c1N. The summed E-state index contributed by atoms with van der Waals surface area (Å²) in [6.07, 6.45) is 6.17. The van der Waals surface area contributed by atoms with Gasteiger partial charge in [0.1, 0.15) is 22.5 Å². The Bertz CT molecular complexity index is 962. The number of thiophene rings is 1. The Kier molecular flexibility index (Phi) is 3.91. The van der Waals surface area contributed by atoms with Gasteiger partial charge in [0.15, 0.2) is 5.82 Å². The molecule has 0 radical (unpaired) electrons. The lowest BCUT2D eigenvalue weighted by Crippen LogP contribution is -2.11. The van der Waals surface area contributed by atoms with Crippen LogP contribution in [-0.4, -0.2) is 32.3 Å². The molecule has 0 saturated carbocycles. The first-order valence-corrected chi connectivity index (χ1v) is 9.18. The average molecular weight is 357 g/mol. The van der Waals surface area contributed by atoms with Crippen LogP contribution in [0.2, 0.25) is 0 Å². The zero-order chi connectivity index (χ0) is 17.6. The first-order valence-electron chi connectivity index (χ1n) is 8.36. The number of esters is 1. The van der Waals surface area contributed by atoms with Gasteiger partial charge >= 0.3 is 5.97 Å². The topological polar surface area (TPSA) is 95.9 Å². The van der Waals surface area contributed by atoms with Crippen molar-refractivity contribution in [1.82, 2.24) is 19.7 Å². The number of hydrogen-bond acceptors (Lipinski definition) is 7. The normalized spacial score (nSPS) is 16.8. The number of ether oxygens (including phenoxy) is 1. The summed E-state index contributed by atoms with van der Waals surface area (Å²) < 4.78 is 6.54. The highest BCUT2D eigenvalue weighted by Gasteiger charge is 2.25. The zero-order valence-corrected chi connectivity index (χ0v) is 15.0. The van der Waals surface area contributed by atoms with E-state index in [2.05, 4.69) is 22.0 Å². The molecule has 1 unspecified atom stereocenters. The summed E-state index contributed by atoms with van der Waals surface area (Å²) in [5.74, 6) is 1.08. The summed E-state index contributed by atoms with van der Waals surface area (Å²) in [5.41, 5.74) is 7.72. The highest BCUT2D eigenvalue weighted by atomic mass is 32.1. The molecule has 0 saturated heterocycles. The lowest BCUT2D eigenvalue weighted by Gasteiger charge is -2.18. The molecular weight excluding hydrogens is 338 g/mol. The first kappa shape index (κ1) is 16.0. The minimum absolute atomic E-state index is 0.238. The third kappa shape index (κ3) is 2.57. The molecule has 1 aliphatic carbocycles. The maximum atomic E-state index is 12.0. The molecule has 3 aromatic heterocycles. The van der Waals surface area contributed by atoms with Crippen LogP contribution in [0, 0.1) is 5.92 Å². The Balaban J connectivity index is 1.87. The molecule has 25 heavy (non-hydrogen) atoms. The summed E-state index contributed by atoms with van der Waals surface area (Å²) in [4.78, 5) is 23.2. The third-order valence-electron chi connectivity index (χ3n) is 4.57. The quantitative estimate of drug-likeness (QED) is 0.724. The second kappa shape index (κ2) is 6.11. The lowest BCUT2D eigenvalue weighted by atomic mass is 9.89. The highest BCUT2D eigenvalue weighted by molar-refractivity contribution is 7.18. The van der Waals surface area contributed by atoms with Crippen molar-refractivity contribution in [3.63, 3.8) is 0 Å². The second-order valence-electron chi connectivity index (χ2n) is 6.30. The Morgan fingerprint density at radius 3 is 3.12 bits per heavy atom. The molecule has 1 atom stereocenters. The number of rotatable bonds is 3. The fourth-order valence-electron chi connectivity index (χ4n) is 3.31. The van der Waals surface area contributed by atoms with E-state index in [1.54, 1.807) is 18.3 Å². The van der Waals surface area contributed by atoms with Crippen LogP contribution in [0.15, 0.2) is 12.5 Å². The minimum atomic E-state index is -0.474. The predicted molar refractivity (Wildman–Crippen MR) is 96.1 cm³/mol. The Morgan fingerprint density at radius 2 is 2.32 bits per heavy atom. The van der Waals surface area contributed by atoms with E-state index in [9.17, 15) is 4.79 Å². The number of hydrogen-bond donors (Lipinski definition) is 1. The monoisotopic (exact) mass is 357 g/mol. The van der Waals surface area contributed by atoms with E-state index in [1.165, 1.54) is 27.6 Å². The van der Waals surface area contributed by atoms with Crippen molar-refractivity contribution in [1.29, 1.82) is 0 Å². The van der Waals surface area contributed by atoms with Crippen molar-refractivity contribution in [3.8, 4) is 5.82 Å². The molecule has 0 bridgehead atoms. The van der Waals surface area contributed by atoms with E-state index in [-0.39, 0.29) is 18.0 Å². The van der Waals surface area contributed by atoms with E-state index < -0.39 is 5.97 Å². The number of nitrogens with zero attached hydrogens (tertiary/aromatic N) is 4. The van der Waals surface area contributed by atoms with Crippen LogP contribution < -0.4 is 5.73 Å². The van der Waals surface area contributed by atoms with Crippen LogP contribution in [0.3, 0.4) is 0 Å². The van der Waals surface area contributed by atoms with Crippen molar-refractivity contribution in [2.45, 2.75) is 33.1 Å². The van der Waals surface area contributed by atoms with Gasteiger partial charge in [-0.05, 0) is 37.7 Å². The highest BCUT2D eigenvalue weighted by Crippen LogP contribution is 2.39. The predicted octanol–water partition coefficient (Wildman–Crippen LogP) is 2.76. The standard InChI is InChI=1S/C17H19N5O2S/c1-3-24-17(23)11-7-21-22(14(11)18)15-13-10-5-4-9(2)6-12(10)25-16(13)20-8-19-15/h7-9H,3-6,18H2,1-2H3. The lowest BCUT2D eigenvalue weighted by molar-refractivity contribution is 0.0527. The summed E-state index contributed by atoms with van der Waals surface area (Å²) in [5, 5.41) is 5.29. The van der Waals surface area contributed by atoms with Crippen molar-refractivity contribution in [2.24, 2.45) is 5.92 Å². The molecule has 2 N–H and O–H groups in total. The van der Waals surface area contributed by atoms with Crippen LogP contribution in [-0.2, 0) is 17.6 Å². The molecule has 3 aromatic rings. The maximum absolute atomic E-state index is 12.0. The number of nitrogens with two attached hydrogens (primary N) is 1. The fourth-order valence-corrected chi connectivity index (χ4v) is 4.66. The van der Waals surface area contributed by atoms with Gasteiger partial charge in [-0.1, -0.05) is 6.92 Å². The molecule has 8 heteroatoms. The number of fused-ring (bicyclic) bond motifs is 3. The second-order valence-corrected chi connectivity index (χ2v) is 7.39. The summed E-state index contributed by atoms with van der Waals surface area (Å²) in [7, 11) is 0. The fraction of sp³-hybridized carbons (Fsp3) is 0.412. The van der Waals surface area contributed by atoms with E-state index in [0.29, 0.717) is 11.7 Å². The van der Waals surface area contributed by atoms with Crippen LogP contribution in [0.1, 0.15) is 41.1 Å². The van der Waals surface area contributed by atoms with Gasteiger partial charge in [0.05, 0.1) is 18.2 Å². The molecule has 3 heterocycles. The van der Waals surface area contributed by atoms with Gasteiger partial charge in [-0.15, -0.1) is 11.3 Å². The molecule has 0 amide bonds. The number of nitrogen functional groups attached to an aromatic ring is 1. The summed E-state index contributed by atoms with van der Waals surface area (Å²) >= 11 is 1.71. The number of aryl methyl sites for hydroxylation is 1. The minimum Gasteiger partial charge on any atom is -0.462 e. The van der Waals surface area contributed by atoms with Crippen LogP contribution >= 0.6 is 11.3 Å². The largest absolute Gasteiger partial charge is 0.462 e. The van der Waals surface area contributed by atoms with Gasteiger partial charge in [0, 0.05) is 4.88 Å². The Hall–Kier alpha value is -2.48. The van der Waals surface area contributed by atoms with Crippen LogP contribution in [0.25, 0.3) is 16.0 Å². The van der Waals surface area contributed by atoms with E-state index in [1.807, 2.05) is 0 Å². The van der Waals surface area contributed by atoms with Gasteiger partial charge in [-0.3, -0.25) is 0 Å². The molecule has 7 nitrogen and oxygen atoms in total. The van der Waals surface area contributed by atoms with Crippen molar-refractivity contribution < 1.29 is 9.53 Å². The average Bonchev–Trinajstić information content (AvgIpc) is 3.14. The maximum Gasteiger partial charge on any atom is 0.343 e. The van der Waals surface area contributed by atoms with Crippen molar-refractivity contribution in [2.75, 3.05) is 12.3 Å². The van der Waals surface area contributed by atoms with Crippen LogP contribution in [0.5, 0.6) is 0 Å².